The van der Waals surface area contributed by atoms with E-state index in [2.05, 4.69) is 17.6 Å². The first-order valence-corrected chi connectivity index (χ1v) is 7.09. The first-order chi connectivity index (χ1) is 9.70. The molecule has 1 fully saturated rings. The summed E-state index contributed by atoms with van der Waals surface area (Å²) in [5.41, 5.74) is 0.739. The largest absolute Gasteiger partial charge is 0.494 e. The van der Waals surface area contributed by atoms with Crippen molar-refractivity contribution in [2.75, 3.05) is 25.1 Å². The highest BCUT2D eigenvalue weighted by Crippen LogP contribution is 2.18. The smallest absolute Gasteiger partial charge is 0.244 e. The molecule has 1 amide bonds. The number of ether oxygens (including phenoxy) is 2. The fraction of sp³-hybridized carbons (Fsp3) is 0.533. The molecule has 0 bridgehead atoms. The highest BCUT2D eigenvalue weighted by molar-refractivity contribution is 5.95. The van der Waals surface area contributed by atoms with Crippen LogP contribution in [-0.2, 0) is 9.53 Å². The van der Waals surface area contributed by atoms with Crippen molar-refractivity contribution in [2.24, 2.45) is 0 Å². The zero-order valence-electron chi connectivity index (χ0n) is 12.0. The van der Waals surface area contributed by atoms with Gasteiger partial charge in [0.15, 0.2) is 0 Å². The van der Waals surface area contributed by atoms with E-state index in [-0.39, 0.29) is 18.1 Å². The molecule has 2 N–H and O–H groups in total. The van der Waals surface area contributed by atoms with Crippen LogP contribution in [0.2, 0.25) is 0 Å². The van der Waals surface area contributed by atoms with Gasteiger partial charge in [0.1, 0.15) is 11.8 Å². The highest BCUT2D eigenvalue weighted by Gasteiger charge is 2.28. The number of hydrogen-bond acceptors (Lipinski definition) is 4. The minimum atomic E-state index is -0.316. The summed E-state index contributed by atoms with van der Waals surface area (Å²) in [6, 6.07) is 7.13. The number of carbonyl (C=O) groups excluding carboxylic acids is 1. The molecule has 1 aromatic carbocycles. The molecule has 110 valence electrons. The molecular weight excluding hydrogens is 256 g/mol. The Balaban J connectivity index is 1.96. The number of nitrogens with one attached hydrogen (secondary N) is 2. The van der Waals surface area contributed by atoms with Crippen LogP contribution in [0.5, 0.6) is 5.75 Å². The highest BCUT2D eigenvalue weighted by atomic mass is 16.5. The molecule has 5 nitrogen and oxygen atoms in total. The number of benzene rings is 1. The Labute approximate surface area is 119 Å². The quantitative estimate of drug-likeness (QED) is 0.862. The normalized spacial score (nSPS) is 22.3. The maximum atomic E-state index is 12.2. The summed E-state index contributed by atoms with van der Waals surface area (Å²) in [4.78, 5) is 12.2. The number of morpholine rings is 1. The average Bonchev–Trinajstić information content (AvgIpc) is 2.46. The van der Waals surface area contributed by atoms with Crippen molar-refractivity contribution in [2.45, 2.75) is 32.4 Å². The average molecular weight is 278 g/mol. The monoisotopic (exact) mass is 278 g/mol. The fourth-order valence-electron chi connectivity index (χ4n) is 2.13. The van der Waals surface area contributed by atoms with Crippen molar-refractivity contribution in [3.63, 3.8) is 0 Å². The third-order valence-corrected chi connectivity index (χ3v) is 3.17. The number of anilines is 1. The van der Waals surface area contributed by atoms with Gasteiger partial charge in [0.05, 0.1) is 19.3 Å². The summed E-state index contributed by atoms with van der Waals surface area (Å²) in [5, 5.41) is 6.07. The first kappa shape index (κ1) is 14.8. The standard InChI is InChI=1S/C15H22N2O3/c1-3-8-20-13-6-4-5-12(10-13)17-15(18)14-11(2)19-9-7-16-14/h4-6,10-11,14,16H,3,7-9H2,1-2H3,(H,17,18)/t11-,14+/m1/s1. The Kier molecular flexibility index (Phi) is 5.38. The zero-order chi connectivity index (χ0) is 14.4. The maximum Gasteiger partial charge on any atom is 0.244 e. The molecule has 5 heteroatoms. The van der Waals surface area contributed by atoms with Crippen LogP contribution in [0.1, 0.15) is 20.3 Å². The van der Waals surface area contributed by atoms with E-state index in [1.54, 1.807) is 0 Å². The van der Waals surface area contributed by atoms with Crippen molar-refractivity contribution < 1.29 is 14.3 Å². The molecule has 1 heterocycles. The molecule has 20 heavy (non-hydrogen) atoms. The lowest BCUT2D eigenvalue weighted by atomic mass is 10.1. The van der Waals surface area contributed by atoms with Crippen molar-refractivity contribution in [3.8, 4) is 5.75 Å². The predicted octanol–water partition coefficient (Wildman–Crippen LogP) is 1.79. The molecule has 0 saturated carbocycles. The maximum absolute atomic E-state index is 12.2. The van der Waals surface area contributed by atoms with E-state index < -0.39 is 0 Å². The lowest BCUT2D eigenvalue weighted by Crippen LogP contribution is -2.53. The summed E-state index contributed by atoms with van der Waals surface area (Å²) in [7, 11) is 0. The van der Waals surface area contributed by atoms with Crippen LogP contribution >= 0.6 is 0 Å². The van der Waals surface area contributed by atoms with Gasteiger partial charge in [-0.2, -0.15) is 0 Å². The van der Waals surface area contributed by atoms with E-state index in [4.69, 9.17) is 9.47 Å². The van der Waals surface area contributed by atoms with Crippen molar-refractivity contribution in [1.82, 2.24) is 5.32 Å². The molecule has 0 aromatic heterocycles. The lowest BCUT2D eigenvalue weighted by molar-refractivity contribution is -0.123. The van der Waals surface area contributed by atoms with Gasteiger partial charge in [-0.25, -0.2) is 0 Å². The van der Waals surface area contributed by atoms with E-state index in [0.717, 1.165) is 17.9 Å². The van der Waals surface area contributed by atoms with Crippen molar-refractivity contribution in [1.29, 1.82) is 0 Å². The van der Waals surface area contributed by atoms with Gasteiger partial charge in [-0.3, -0.25) is 4.79 Å². The molecule has 0 radical (unpaired) electrons. The molecule has 0 spiro atoms. The van der Waals surface area contributed by atoms with Gasteiger partial charge < -0.3 is 20.1 Å². The third-order valence-electron chi connectivity index (χ3n) is 3.17. The molecule has 0 aliphatic carbocycles. The molecule has 1 aliphatic heterocycles. The number of rotatable bonds is 5. The molecule has 1 saturated heterocycles. The number of carbonyl (C=O) groups is 1. The van der Waals surface area contributed by atoms with Crippen LogP contribution in [0.4, 0.5) is 5.69 Å². The van der Waals surface area contributed by atoms with Gasteiger partial charge in [0.2, 0.25) is 5.91 Å². The molecule has 1 aromatic rings. The van der Waals surface area contributed by atoms with E-state index in [1.807, 2.05) is 31.2 Å². The fourth-order valence-corrected chi connectivity index (χ4v) is 2.13. The van der Waals surface area contributed by atoms with Crippen LogP contribution in [0.25, 0.3) is 0 Å². The zero-order valence-corrected chi connectivity index (χ0v) is 12.0. The second-order valence-electron chi connectivity index (χ2n) is 4.87. The van der Waals surface area contributed by atoms with Gasteiger partial charge in [0.25, 0.3) is 0 Å². The molecule has 1 aliphatic rings. The number of hydrogen-bond donors (Lipinski definition) is 2. The summed E-state index contributed by atoms with van der Waals surface area (Å²) in [6.45, 7) is 5.97. The van der Waals surface area contributed by atoms with Crippen molar-refractivity contribution in [3.05, 3.63) is 24.3 Å². The summed E-state index contributed by atoms with van der Waals surface area (Å²) < 4.78 is 11.0. The van der Waals surface area contributed by atoms with Gasteiger partial charge in [-0.1, -0.05) is 13.0 Å². The Morgan fingerprint density at radius 3 is 3.15 bits per heavy atom. The van der Waals surface area contributed by atoms with Crippen LogP contribution in [0.3, 0.4) is 0 Å². The number of amides is 1. The van der Waals surface area contributed by atoms with Gasteiger partial charge in [0, 0.05) is 18.3 Å². The minimum absolute atomic E-state index is 0.0789. The third kappa shape index (κ3) is 3.95. The summed E-state index contributed by atoms with van der Waals surface area (Å²) >= 11 is 0. The predicted molar refractivity (Wildman–Crippen MR) is 78.1 cm³/mol. The second-order valence-corrected chi connectivity index (χ2v) is 4.87. The van der Waals surface area contributed by atoms with Gasteiger partial charge in [-0.15, -0.1) is 0 Å². The van der Waals surface area contributed by atoms with Crippen LogP contribution in [0.15, 0.2) is 24.3 Å². The molecule has 2 atom stereocenters. The Hall–Kier alpha value is -1.59. The van der Waals surface area contributed by atoms with E-state index in [9.17, 15) is 4.79 Å². The summed E-state index contributed by atoms with van der Waals surface area (Å²) in [6.07, 6.45) is 0.834. The first-order valence-electron chi connectivity index (χ1n) is 7.09. The van der Waals surface area contributed by atoms with Gasteiger partial charge in [-0.05, 0) is 25.5 Å². The molecule has 2 rings (SSSR count). The summed E-state index contributed by atoms with van der Waals surface area (Å²) in [5.74, 6) is 0.690. The lowest BCUT2D eigenvalue weighted by Gasteiger charge is -2.29. The minimum Gasteiger partial charge on any atom is -0.494 e. The van der Waals surface area contributed by atoms with Crippen LogP contribution in [-0.4, -0.2) is 37.8 Å². The Morgan fingerprint density at radius 2 is 2.40 bits per heavy atom. The van der Waals surface area contributed by atoms with E-state index in [0.29, 0.717) is 19.8 Å². The van der Waals surface area contributed by atoms with E-state index in [1.165, 1.54) is 0 Å². The molecule has 0 unspecified atom stereocenters. The molecular formula is C15H22N2O3. The Bertz CT molecular complexity index is 450. The van der Waals surface area contributed by atoms with Crippen LogP contribution in [0, 0.1) is 0 Å². The van der Waals surface area contributed by atoms with Crippen LogP contribution < -0.4 is 15.4 Å². The topological polar surface area (TPSA) is 59.6 Å². The van der Waals surface area contributed by atoms with Gasteiger partial charge >= 0.3 is 0 Å². The second kappa shape index (κ2) is 7.26. The SMILES string of the molecule is CCCOc1cccc(NC(=O)[C@H]2NCCO[C@@H]2C)c1. The van der Waals surface area contributed by atoms with E-state index >= 15 is 0 Å². The Morgan fingerprint density at radius 1 is 1.55 bits per heavy atom. The van der Waals surface area contributed by atoms with Crippen molar-refractivity contribution >= 4 is 11.6 Å².